The lowest BCUT2D eigenvalue weighted by Crippen LogP contribution is -2.30. The molecule has 0 radical (unpaired) electrons. The van der Waals surface area contributed by atoms with E-state index in [9.17, 15) is 0 Å². The van der Waals surface area contributed by atoms with Gasteiger partial charge in [-0.05, 0) is 18.8 Å². The third-order valence-corrected chi connectivity index (χ3v) is 3.40. The minimum Gasteiger partial charge on any atom is -0.382 e. The maximum absolute atomic E-state index is 6.09. The van der Waals surface area contributed by atoms with Gasteiger partial charge in [0.1, 0.15) is 17.2 Å². The van der Waals surface area contributed by atoms with Gasteiger partial charge in [-0.3, -0.25) is 0 Å². The average Bonchev–Trinajstić information content (AvgIpc) is 2.34. The molecule has 1 aliphatic heterocycles. The Kier molecular flexibility index (Phi) is 4.02. The molecule has 0 saturated carbocycles. The highest BCUT2D eigenvalue weighted by Crippen LogP contribution is 2.27. The van der Waals surface area contributed by atoms with E-state index in [1.165, 1.54) is 6.33 Å². The zero-order chi connectivity index (χ0) is 12.3. The molecule has 1 aromatic heterocycles. The summed E-state index contributed by atoms with van der Waals surface area (Å²) in [5.41, 5.74) is 5.66. The number of ether oxygens (including phenoxy) is 1. The lowest BCUT2D eigenvalue weighted by Gasteiger charge is -2.28. The number of nitrogen functional groups attached to an aromatic ring is 1. The maximum atomic E-state index is 6.09. The Morgan fingerprint density at radius 3 is 2.88 bits per heavy atom. The summed E-state index contributed by atoms with van der Waals surface area (Å²) in [4.78, 5) is 10.1. The molecule has 94 valence electrons. The number of nitrogens with two attached hydrogens (primary N) is 1. The van der Waals surface area contributed by atoms with E-state index in [1.807, 2.05) is 11.9 Å². The second-order valence-electron chi connectivity index (χ2n) is 4.33. The van der Waals surface area contributed by atoms with Crippen LogP contribution in [0.2, 0.25) is 5.02 Å². The maximum Gasteiger partial charge on any atom is 0.152 e. The van der Waals surface area contributed by atoms with Crippen LogP contribution in [0.15, 0.2) is 6.33 Å². The minimum atomic E-state index is 0.329. The molecule has 1 saturated heterocycles. The molecule has 0 unspecified atom stereocenters. The zero-order valence-electron chi connectivity index (χ0n) is 9.90. The number of halogens is 1. The molecule has 2 heterocycles. The third-order valence-electron chi connectivity index (χ3n) is 3.03. The highest BCUT2D eigenvalue weighted by atomic mass is 35.5. The Morgan fingerprint density at radius 2 is 2.18 bits per heavy atom. The van der Waals surface area contributed by atoms with Crippen LogP contribution < -0.4 is 10.6 Å². The van der Waals surface area contributed by atoms with Gasteiger partial charge in [0.05, 0.1) is 0 Å². The molecule has 1 aromatic rings. The summed E-state index contributed by atoms with van der Waals surface area (Å²) in [5.74, 6) is 1.65. The average molecular weight is 257 g/mol. The summed E-state index contributed by atoms with van der Waals surface area (Å²) in [7, 11) is 1.98. The van der Waals surface area contributed by atoms with Crippen LogP contribution in [0.25, 0.3) is 0 Å². The van der Waals surface area contributed by atoms with Crippen LogP contribution in [0.1, 0.15) is 12.8 Å². The van der Waals surface area contributed by atoms with E-state index >= 15 is 0 Å². The molecule has 0 bridgehead atoms. The molecular formula is C11H17ClN4O. The summed E-state index contributed by atoms with van der Waals surface area (Å²) in [6, 6.07) is 0. The van der Waals surface area contributed by atoms with Crippen molar-refractivity contribution >= 4 is 23.2 Å². The van der Waals surface area contributed by atoms with E-state index < -0.39 is 0 Å². The molecule has 1 fully saturated rings. The van der Waals surface area contributed by atoms with Crippen LogP contribution in [0, 0.1) is 5.92 Å². The van der Waals surface area contributed by atoms with E-state index in [0.29, 0.717) is 22.6 Å². The summed E-state index contributed by atoms with van der Waals surface area (Å²) in [6.45, 7) is 2.61. The minimum absolute atomic E-state index is 0.329. The van der Waals surface area contributed by atoms with Crippen molar-refractivity contribution in [3.05, 3.63) is 11.3 Å². The Morgan fingerprint density at radius 1 is 1.47 bits per heavy atom. The lowest BCUT2D eigenvalue weighted by atomic mass is 10.00. The van der Waals surface area contributed by atoms with E-state index in [-0.39, 0.29) is 0 Å². The van der Waals surface area contributed by atoms with Gasteiger partial charge in [0.2, 0.25) is 0 Å². The van der Waals surface area contributed by atoms with E-state index in [0.717, 1.165) is 32.6 Å². The second-order valence-corrected chi connectivity index (χ2v) is 4.71. The fourth-order valence-corrected chi connectivity index (χ4v) is 2.28. The first kappa shape index (κ1) is 12.4. The Hall–Kier alpha value is -1.07. The summed E-state index contributed by atoms with van der Waals surface area (Å²) < 4.78 is 5.34. The van der Waals surface area contributed by atoms with Gasteiger partial charge < -0.3 is 15.4 Å². The molecular weight excluding hydrogens is 240 g/mol. The second kappa shape index (κ2) is 5.51. The molecule has 6 heteroatoms. The van der Waals surface area contributed by atoms with Crippen LogP contribution >= 0.6 is 11.6 Å². The summed E-state index contributed by atoms with van der Waals surface area (Å²) in [6.07, 6.45) is 3.61. The molecule has 17 heavy (non-hydrogen) atoms. The molecule has 2 N–H and O–H groups in total. The Labute approximate surface area is 106 Å². The topological polar surface area (TPSA) is 64.3 Å². The first-order valence-corrected chi connectivity index (χ1v) is 6.11. The SMILES string of the molecule is CN(CC1CCOCC1)c1ncnc(N)c1Cl. The van der Waals surface area contributed by atoms with E-state index in [2.05, 4.69) is 9.97 Å². The standard InChI is InChI=1S/C11H17ClN4O/c1-16(6-8-2-4-17-5-3-8)11-9(12)10(13)14-7-15-11/h7-8H,2-6H2,1H3,(H2,13,14,15). The van der Waals surface area contributed by atoms with Gasteiger partial charge in [-0.15, -0.1) is 0 Å². The van der Waals surface area contributed by atoms with Crippen molar-refractivity contribution in [1.29, 1.82) is 0 Å². The van der Waals surface area contributed by atoms with Gasteiger partial charge in [-0.1, -0.05) is 11.6 Å². The first-order chi connectivity index (χ1) is 8.18. The predicted molar refractivity (Wildman–Crippen MR) is 68.3 cm³/mol. The largest absolute Gasteiger partial charge is 0.382 e. The molecule has 1 aliphatic rings. The van der Waals surface area contributed by atoms with Gasteiger partial charge in [0.15, 0.2) is 5.82 Å². The van der Waals surface area contributed by atoms with Gasteiger partial charge >= 0.3 is 0 Å². The van der Waals surface area contributed by atoms with Gasteiger partial charge in [0, 0.05) is 26.8 Å². The van der Waals surface area contributed by atoms with E-state index in [4.69, 9.17) is 22.1 Å². The fourth-order valence-electron chi connectivity index (χ4n) is 2.04. The van der Waals surface area contributed by atoms with Crippen molar-refractivity contribution in [3.8, 4) is 0 Å². The Balaban J connectivity index is 2.03. The van der Waals surface area contributed by atoms with Gasteiger partial charge in [-0.25, -0.2) is 9.97 Å². The monoisotopic (exact) mass is 256 g/mol. The molecule has 5 nitrogen and oxygen atoms in total. The van der Waals surface area contributed by atoms with Crippen molar-refractivity contribution in [2.24, 2.45) is 5.92 Å². The van der Waals surface area contributed by atoms with Crippen LogP contribution in [0.4, 0.5) is 11.6 Å². The molecule has 0 amide bonds. The number of hydrogen-bond acceptors (Lipinski definition) is 5. The van der Waals surface area contributed by atoms with Crippen molar-refractivity contribution < 1.29 is 4.74 Å². The number of hydrogen-bond donors (Lipinski definition) is 1. The molecule has 2 rings (SSSR count). The molecule has 0 aliphatic carbocycles. The quantitative estimate of drug-likeness (QED) is 0.890. The number of aromatic nitrogens is 2. The normalized spacial score (nSPS) is 17.1. The van der Waals surface area contributed by atoms with Gasteiger partial charge in [-0.2, -0.15) is 0 Å². The van der Waals surface area contributed by atoms with Gasteiger partial charge in [0.25, 0.3) is 0 Å². The van der Waals surface area contributed by atoms with Crippen molar-refractivity contribution in [2.45, 2.75) is 12.8 Å². The third kappa shape index (κ3) is 2.98. The van der Waals surface area contributed by atoms with Crippen molar-refractivity contribution in [2.75, 3.05) is 37.4 Å². The van der Waals surface area contributed by atoms with Crippen LogP contribution in [-0.4, -0.2) is 36.8 Å². The molecule has 0 aromatic carbocycles. The molecule has 0 spiro atoms. The zero-order valence-corrected chi connectivity index (χ0v) is 10.7. The molecule has 0 atom stereocenters. The van der Waals surface area contributed by atoms with Crippen LogP contribution in [0.5, 0.6) is 0 Å². The smallest absolute Gasteiger partial charge is 0.152 e. The first-order valence-electron chi connectivity index (χ1n) is 5.73. The lowest BCUT2D eigenvalue weighted by molar-refractivity contribution is 0.0685. The highest BCUT2D eigenvalue weighted by Gasteiger charge is 2.18. The Bertz CT molecular complexity index is 382. The number of anilines is 2. The number of rotatable bonds is 3. The summed E-state index contributed by atoms with van der Waals surface area (Å²) >= 11 is 6.09. The predicted octanol–water partition coefficient (Wildman–Crippen LogP) is 1.57. The fraction of sp³-hybridized carbons (Fsp3) is 0.636. The van der Waals surface area contributed by atoms with E-state index in [1.54, 1.807) is 0 Å². The highest BCUT2D eigenvalue weighted by molar-refractivity contribution is 6.35. The van der Waals surface area contributed by atoms with Crippen molar-refractivity contribution in [3.63, 3.8) is 0 Å². The van der Waals surface area contributed by atoms with Crippen molar-refractivity contribution in [1.82, 2.24) is 9.97 Å². The van der Waals surface area contributed by atoms with Crippen LogP contribution in [0.3, 0.4) is 0 Å². The van der Waals surface area contributed by atoms with Crippen LogP contribution in [-0.2, 0) is 4.74 Å². The number of nitrogens with zero attached hydrogens (tertiary/aromatic N) is 3. The summed E-state index contributed by atoms with van der Waals surface area (Å²) in [5, 5.41) is 0.432.